The number of thiazole rings is 1. The molecule has 0 spiro atoms. The van der Waals surface area contributed by atoms with Gasteiger partial charge < -0.3 is 10.4 Å². The quantitative estimate of drug-likeness (QED) is 0.886. The second-order valence-corrected chi connectivity index (χ2v) is 7.02. The lowest BCUT2D eigenvalue weighted by Crippen LogP contribution is -2.43. The van der Waals surface area contributed by atoms with Crippen LogP contribution in [0.1, 0.15) is 41.6 Å². The SMILES string of the molecule is CCc1nc(CC(=O)NCC2(O)CCCc3ccccc32)cs1. The van der Waals surface area contributed by atoms with E-state index in [1.807, 2.05) is 23.6 Å². The van der Waals surface area contributed by atoms with E-state index < -0.39 is 5.60 Å². The molecule has 2 aromatic rings. The highest BCUT2D eigenvalue weighted by Gasteiger charge is 2.34. The number of carbonyl (C=O) groups excluding carboxylic acids is 1. The Morgan fingerprint density at radius 1 is 1.43 bits per heavy atom. The van der Waals surface area contributed by atoms with Crippen molar-refractivity contribution < 1.29 is 9.90 Å². The molecule has 122 valence electrons. The number of hydrogen-bond donors (Lipinski definition) is 2. The molecular formula is C18H22N2O2S. The van der Waals surface area contributed by atoms with E-state index in [1.54, 1.807) is 11.3 Å². The van der Waals surface area contributed by atoms with Crippen LogP contribution in [0.5, 0.6) is 0 Å². The van der Waals surface area contributed by atoms with Gasteiger partial charge >= 0.3 is 0 Å². The van der Waals surface area contributed by atoms with Crippen molar-refractivity contribution in [2.75, 3.05) is 6.54 Å². The van der Waals surface area contributed by atoms with Crippen LogP contribution in [0.4, 0.5) is 0 Å². The summed E-state index contributed by atoms with van der Waals surface area (Å²) < 4.78 is 0. The third-order valence-corrected chi connectivity index (χ3v) is 5.42. The molecule has 1 aromatic carbocycles. The molecule has 2 N–H and O–H groups in total. The van der Waals surface area contributed by atoms with E-state index in [4.69, 9.17) is 0 Å². The molecular weight excluding hydrogens is 308 g/mol. The molecule has 1 amide bonds. The van der Waals surface area contributed by atoms with Gasteiger partial charge in [-0.3, -0.25) is 4.79 Å². The zero-order chi connectivity index (χ0) is 16.3. The van der Waals surface area contributed by atoms with Gasteiger partial charge in [0.25, 0.3) is 0 Å². The van der Waals surface area contributed by atoms with E-state index in [0.29, 0.717) is 6.42 Å². The molecule has 1 aliphatic carbocycles. The predicted octanol–water partition coefficient (Wildman–Crippen LogP) is 2.59. The van der Waals surface area contributed by atoms with E-state index in [-0.39, 0.29) is 18.9 Å². The Kier molecular flexibility index (Phi) is 4.78. The first-order valence-electron chi connectivity index (χ1n) is 8.11. The average molecular weight is 330 g/mol. The van der Waals surface area contributed by atoms with Crippen molar-refractivity contribution in [2.24, 2.45) is 0 Å². The Labute approximate surface area is 140 Å². The minimum Gasteiger partial charge on any atom is -0.383 e. The molecule has 0 saturated heterocycles. The van der Waals surface area contributed by atoms with E-state index in [1.165, 1.54) is 5.56 Å². The average Bonchev–Trinajstić information content (AvgIpc) is 3.01. The Bertz CT molecular complexity index is 698. The summed E-state index contributed by atoms with van der Waals surface area (Å²) in [5.74, 6) is -0.0885. The van der Waals surface area contributed by atoms with Crippen LogP contribution >= 0.6 is 11.3 Å². The molecule has 0 aliphatic heterocycles. The summed E-state index contributed by atoms with van der Waals surface area (Å²) >= 11 is 1.59. The van der Waals surface area contributed by atoms with Gasteiger partial charge in [0.05, 0.1) is 23.7 Å². The van der Waals surface area contributed by atoms with Gasteiger partial charge in [-0.15, -0.1) is 11.3 Å². The summed E-state index contributed by atoms with van der Waals surface area (Å²) in [5, 5.41) is 16.8. The van der Waals surface area contributed by atoms with E-state index in [2.05, 4.69) is 23.3 Å². The molecule has 1 heterocycles. The summed E-state index contributed by atoms with van der Waals surface area (Å²) in [6.07, 6.45) is 3.78. The fourth-order valence-corrected chi connectivity index (χ4v) is 3.89. The van der Waals surface area contributed by atoms with Crippen LogP contribution in [-0.2, 0) is 29.7 Å². The molecule has 3 rings (SSSR count). The van der Waals surface area contributed by atoms with E-state index >= 15 is 0 Å². The lowest BCUT2D eigenvalue weighted by Gasteiger charge is -2.34. The summed E-state index contributed by atoms with van der Waals surface area (Å²) in [5.41, 5.74) is 1.98. The molecule has 1 atom stereocenters. The Morgan fingerprint density at radius 2 is 2.26 bits per heavy atom. The van der Waals surface area contributed by atoms with Crippen molar-refractivity contribution in [3.8, 4) is 0 Å². The normalized spacial score (nSPS) is 20.1. The first kappa shape index (κ1) is 16.1. The maximum absolute atomic E-state index is 12.1. The first-order chi connectivity index (χ1) is 11.1. The third kappa shape index (κ3) is 3.62. The number of benzene rings is 1. The molecule has 1 aliphatic rings. The minimum atomic E-state index is -0.957. The standard InChI is InChI=1S/C18H22N2O2S/c1-2-17-20-14(11-23-17)10-16(21)19-12-18(22)9-5-7-13-6-3-4-8-15(13)18/h3-4,6,8,11,22H,2,5,7,9-10,12H2,1H3,(H,19,21). The molecule has 0 bridgehead atoms. The number of fused-ring (bicyclic) bond motifs is 1. The summed E-state index contributed by atoms with van der Waals surface area (Å²) in [6, 6.07) is 7.96. The number of carbonyl (C=O) groups is 1. The maximum atomic E-state index is 12.1. The van der Waals surface area contributed by atoms with Crippen molar-refractivity contribution in [1.82, 2.24) is 10.3 Å². The van der Waals surface area contributed by atoms with Crippen molar-refractivity contribution in [2.45, 2.75) is 44.6 Å². The van der Waals surface area contributed by atoms with Gasteiger partial charge in [-0.25, -0.2) is 4.98 Å². The van der Waals surface area contributed by atoms with Crippen molar-refractivity contribution in [3.63, 3.8) is 0 Å². The molecule has 0 fully saturated rings. The number of rotatable bonds is 5. The summed E-state index contributed by atoms with van der Waals surface area (Å²) in [4.78, 5) is 16.6. The van der Waals surface area contributed by atoms with Crippen molar-refractivity contribution in [1.29, 1.82) is 0 Å². The fourth-order valence-electron chi connectivity index (χ4n) is 3.15. The summed E-state index contributed by atoms with van der Waals surface area (Å²) in [7, 11) is 0. The van der Waals surface area contributed by atoms with Gasteiger partial charge in [-0.05, 0) is 36.8 Å². The number of hydrogen-bond acceptors (Lipinski definition) is 4. The lowest BCUT2D eigenvalue weighted by molar-refractivity contribution is -0.122. The van der Waals surface area contributed by atoms with E-state index in [0.717, 1.165) is 35.5 Å². The second-order valence-electron chi connectivity index (χ2n) is 6.08. The zero-order valence-corrected chi connectivity index (χ0v) is 14.2. The Hall–Kier alpha value is -1.72. The van der Waals surface area contributed by atoms with Gasteiger partial charge in [0.1, 0.15) is 5.60 Å². The smallest absolute Gasteiger partial charge is 0.226 e. The highest BCUT2D eigenvalue weighted by atomic mass is 32.1. The molecule has 0 saturated carbocycles. The molecule has 23 heavy (non-hydrogen) atoms. The highest BCUT2D eigenvalue weighted by Crippen LogP contribution is 2.34. The predicted molar refractivity (Wildman–Crippen MR) is 91.5 cm³/mol. The second kappa shape index (κ2) is 6.81. The lowest BCUT2D eigenvalue weighted by atomic mass is 9.79. The summed E-state index contributed by atoms with van der Waals surface area (Å²) in [6.45, 7) is 2.31. The number of aromatic nitrogens is 1. The number of amides is 1. The van der Waals surface area contributed by atoms with Crippen molar-refractivity contribution >= 4 is 17.2 Å². The zero-order valence-electron chi connectivity index (χ0n) is 13.3. The molecule has 1 aromatic heterocycles. The van der Waals surface area contributed by atoms with Crippen LogP contribution in [-0.4, -0.2) is 22.5 Å². The van der Waals surface area contributed by atoms with Crippen LogP contribution in [0.3, 0.4) is 0 Å². The largest absolute Gasteiger partial charge is 0.383 e. The topological polar surface area (TPSA) is 62.2 Å². The monoisotopic (exact) mass is 330 g/mol. The van der Waals surface area contributed by atoms with E-state index in [9.17, 15) is 9.90 Å². The Balaban J connectivity index is 1.62. The Morgan fingerprint density at radius 3 is 3.04 bits per heavy atom. The van der Waals surface area contributed by atoms with Crippen LogP contribution in [0, 0.1) is 0 Å². The highest BCUT2D eigenvalue weighted by molar-refractivity contribution is 7.09. The van der Waals surface area contributed by atoms with Crippen molar-refractivity contribution in [3.05, 3.63) is 51.5 Å². The van der Waals surface area contributed by atoms with Crippen LogP contribution in [0.15, 0.2) is 29.6 Å². The number of nitrogens with one attached hydrogen (secondary N) is 1. The molecule has 0 radical (unpaired) electrons. The maximum Gasteiger partial charge on any atom is 0.226 e. The number of nitrogens with zero attached hydrogens (tertiary/aromatic N) is 1. The van der Waals surface area contributed by atoms with Crippen LogP contribution < -0.4 is 5.32 Å². The first-order valence-corrected chi connectivity index (χ1v) is 8.99. The van der Waals surface area contributed by atoms with Gasteiger partial charge in [0.15, 0.2) is 0 Å². The van der Waals surface area contributed by atoms with Gasteiger partial charge in [-0.2, -0.15) is 0 Å². The van der Waals surface area contributed by atoms with Crippen LogP contribution in [0.25, 0.3) is 0 Å². The van der Waals surface area contributed by atoms with Gasteiger partial charge in [0.2, 0.25) is 5.91 Å². The minimum absolute atomic E-state index is 0.0885. The molecule has 5 heteroatoms. The van der Waals surface area contributed by atoms with Crippen LogP contribution in [0.2, 0.25) is 0 Å². The fraction of sp³-hybridized carbons (Fsp3) is 0.444. The van der Waals surface area contributed by atoms with Gasteiger partial charge in [0, 0.05) is 5.38 Å². The molecule has 4 nitrogen and oxygen atoms in total. The number of aryl methyl sites for hydroxylation is 2. The molecule has 1 unspecified atom stereocenters. The van der Waals surface area contributed by atoms with Gasteiger partial charge in [-0.1, -0.05) is 31.2 Å². The third-order valence-electron chi connectivity index (χ3n) is 4.38. The number of aliphatic hydroxyl groups is 1.